The third-order valence-electron chi connectivity index (χ3n) is 10.3. The average molecular weight is 732 g/mol. The summed E-state index contributed by atoms with van der Waals surface area (Å²) in [5, 5.41) is 6.50. The van der Waals surface area contributed by atoms with Crippen molar-refractivity contribution in [3.05, 3.63) is 123 Å². The maximum Gasteiger partial charge on any atom is 0.265 e. The minimum Gasteiger partial charge on any atom is -0.381 e. The molecule has 0 unspecified atom stereocenters. The number of anilines is 4. The van der Waals surface area contributed by atoms with Crippen molar-refractivity contribution in [1.82, 2.24) is 4.98 Å². The second-order valence-electron chi connectivity index (χ2n) is 14.0. The van der Waals surface area contributed by atoms with Crippen LogP contribution in [0.2, 0.25) is 5.02 Å². The molecule has 3 aliphatic rings. The van der Waals surface area contributed by atoms with Crippen LogP contribution in [0.1, 0.15) is 59.9 Å². The third kappa shape index (κ3) is 6.46. The van der Waals surface area contributed by atoms with E-state index in [4.69, 9.17) is 16.3 Å². The highest BCUT2D eigenvalue weighted by Gasteiger charge is 2.45. The molecule has 0 bridgehead atoms. The first-order valence-corrected chi connectivity index (χ1v) is 18.7. The van der Waals surface area contributed by atoms with Crippen molar-refractivity contribution in [2.45, 2.75) is 33.1 Å². The summed E-state index contributed by atoms with van der Waals surface area (Å²) in [6.45, 7) is 7.60. The highest BCUT2D eigenvalue weighted by molar-refractivity contribution is 7.17. The molecule has 2 fully saturated rings. The molecule has 3 aromatic carbocycles. The van der Waals surface area contributed by atoms with Crippen LogP contribution in [0, 0.1) is 19.3 Å². The standard InChI is InChI=1S/C41H38ClN5O4S/c1-25-20-31(37(43-22-25)46-23-41(24-46)15-18-51-19-16-41)38(48)44-29-12-10-27(11-13-29)40(50)47-17-14-28-21-34(52-36(28)30-7-3-4-9-33(30)47)39(49)45-35-26(2)6-5-8-32(35)42/h3-13,20-22H,14-19,23-24H2,1-2H3,(H,44,48)(H,45,49). The van der Waals surface area contributed by atoms with Crippen molar-refractivity contribution in [1.29, 1.82) is 0 Å². The first kappa shape index (κ1) is 34.1. The number of hydrogen-bond donors (Lipinski definition) is 2. The molecule has 0 atom stereocenters. The molecule has 0 radical (unpaired) electrons. The number of amides is 3. The van der Waals surface area contributed by atoms with Crippen molar-refractivity contribution in [2.24, 2.45) is 5.41 Å². The maximum atomic E-state index is 14.1. The summed E-state index contributed by atoms with van der Waals surface area (Å²) < 4.78 is 5.57. The number of rotatable bonds is 6. The van der Waals surface area contributed by atoms with E-state index in [1.54, 1.807) is 41.4 Å². The molecule has 2 aromatic heterocycles. The van der Waals surface area contributed by atoms with E-state index < -0.39 is 0 Å². The minimum atomic E-state index is -0.235. The van der Waals surface area contributed by atoms with Gasteiger partial charge in [0.25, 0.3) is 17.7 Å². The lowest BCUT2D eigenvalue weighted by Gasteiger charge is -2.53. The molecular formula is C41H38ClN5O4S. The van der Waals surface area contributed by atoms with Crippen molar-refractivity contribution in [3.63, 3.8) is 0 Å². The smallest absolute Gasteiger partial charge is 0.265 e. The molecule has 0 saturated carbocycles. The Kier molecular flexibility index (Phi) is 9.07. The molecule has 11 heteroatoms. The van der Waals surface area contributed by atoms with Crippen LogP contribution in [0.5, 0.6) is 0 Å². The Morgan fingerprint density at radius 3 is 2.44 bits per heavy atom. The SMILES string of the molecule is Cc1cnc(N2CC3(CCOCC3)C2)c(C(=O)Nc2ccc(C(=O)N3CCc4cc(C(=O)Nc5c(C)cccc5Cl)sc4-c4ccccc43)cc2)c1. The van der Waals surface area contributed by atoms with Crippen LogP contribution in [-0.2, 0) is 11.2 Å². The summed E-state index contributed by atoms with van der Waals surface area (Å²) in [7, 11) is 0. The van der Waals surface area contributed by atoms with Gasteiger partial charge in [0.1, 0.15) is 5.82 Å². The second kappa shape index (κ2) is 13.8. The molecule has 5 heterocycles. The number of fused-ring (bicyclic) bond motifs is 3. The Morgan fingerprint density at radius 1 is 0.904 bits per heavy atom. The maximum absolute atomic E-state index is 14.1. The predicted molar refractivity (Wildman–Crippen MR) is 207 cm³/mol. The summed E-state index contributed by atoms with van der Waals surface area (Å²) in [5.74, 6) is 0.105. The van der Waals surface area contributed by atoms with Gasteiger partial charge in [-0.15, -0.1) is 11.3 Å². The fourth-order valence-electron chi connectivity index (χ4n) is 7.45. The number of thiophene rings is 1. The topological polar surface area (TPSA) is 104 Å². The van der Waals surface area contributed by atoms with Crippen molar-refractivity contribution in [3.8, 4) is 10.4 Å². The number of aryl methyl sites for hydroxylation is 2. The predicted octanol–water partition coefficient (Wildman–Crippen LogP) is 8.40. The summed E-state index contributed by atoms with van der Waals surface area (Å²) in [6.07, 6.45) is 4.45. The number of carbonyl (C=O) groups is 3. The van der Waals surface area contributed by atoms with Crippen LogP contribution in [0.4, 0.5) is 22.9 Å². The summed E-state index contributed by atoms with van der Waals surface area (Å²) in [6, 6.07) is 24.2. The molecule has 3 aliphatic heterocycles. The molecule has 2 saturated heterocycles. The lowest BCUT2D eigenvalue weighted by molar-refractivity contribution is -0.000511. The molecule has 9 nitrogen and oxygen atoms in total. The zero-order chi connectivity index (χ0) is 36.0. The first-order valence-electron chi connectivity index (χ1n) is 17.5. The summed E-state index contributed by atoms with van der Waals surface area (Å²) in [5.41, 5.74) is 6.98. The Hall–Kier alpha value is -5.03. The van der Waals surface area contributed by atoms with Gasteiger partial charge >= 0.3 is 0 Å². The zero-order valence-electron chi connectivity index (χ0n) is 29.0. The van der Waals surface area contributed by atoms with E-state index in [1.807, 2.05) is 62.4 Å². The van der Waals surface area contributed by atoms with Crippen molar-refractivity contribution in [2.75, 3.05) is 53.3 Å². The number of para-hydroxylation sites is 2. The van der Waals surface area contributed by atoms with Crippen molar-refractivity contribution < 1.29 is 19.1 Å². The number of pyridine rings is 1. The fourth-order valence-corrected chi connectivity index (χ4v) is 8.86. The van der Waals surface area contributed by atoms with Crippen LogP contribution in [-0.4, -0.2) is 55.6 Å². The Balaban J connectivity index is 0.976. The molecule has 0 aliphatic carbocycles. The van der Waals surface area contributed by atoms with Gasteiger partial charge in [0.2, 0.25) is 0 Å². The number of ether oxygens (including phenoxy) is 1. The zero-order valence-corrected chi connectivity index (χ0v) is 30.6. The highest BCUT2D eigenvalue weighted by atomic mass is 35.5. The van der Waals surface area contributed by atoms with Crippen LogP contribution < -0.4 is 20.4 Å². The Bertz CT molecular complexity index is 2180. The molecule has 52 heavy (non-hydrogen) atoms. The number of nitrogens with one attached hydrogen (secondary N) is 2. The van der Waals surface area contributed by atoms with Crippen LogP contribution in [0.15, 0.2) is 85.1 Å². The van der Waals surface area contributed by atoms with Crippen molar-refractivity contribution >= 4 is 63.5 Å². The second-order valence-corrected chi connectivity index (χ2v) is 15.4. The van der Waals surface area contributed by atoms with E-state index in [1.165, 1.54) is 11.3 Å². The van der Waals surface area contributed by atoms with Crippen LogP contribution in [0.3, 0.4) is 0 Å². The molecule has 264 valence electrons. The van der Waals surface area contributed by atoms with Gasteiger partial charge in [-0.3, -0.25) is 14.4 Å². The number of hydrogen-bond acceptors (Lipinski definition) is 7. The summed E-state index contributed by atoms with van der Waals surface area (Å²) in [4.78, 5) is 51.2. The monoisotopic (exact) mass is 731 g/mol. The van der Waals surface area contributed by atoms with E-state index in [0.717, 1.165) is 72.0 Å². The summed E-state index contributed by atoms with van der Waals surface area (Å²) >= 11 is 7.79. The number of benzene rings is 3. The van der Waals surface area contributed by atoms with Gasteiger partial charge in [-0.05, 0) is 98.3 Å². The van der Waals surface area contributed by atoms with E-state index in [9.17, 15) is 14.4 Å². The van der Waals surface area contributed by atoms with Gasteiger partial charge in [-0.25, -0.2) is 4.98 Å². The van der Waals surface area contributed by atoms with Gasteiger partial charge < -0.3 is 25.2 Å². The number of halogens is 1. The molecule has 3 amide bonds. The molecular weight excluding hydrogens is 694 g/mol. The highest BCUT2D eigenvalue weighted by Crippen LogP contribution is 2.44. The molecule has 2 N–H and O–H groups in total. The normalized spacial score (nSPS) is 16.0. The van der Waals surface area contributed by atoms with Gasteiger partial charge in [-0.1, -0.05) is 41.9 Å². The minimum absolute atomic E-state index is 0.141. The van der Waals surface area contributed by atoms with E-state index >= 15 is 0 Å². The molecule has 1 spiro atoms. The lowest BCUT2D eigenvalue weighted by atomic mass is 9.73. The van der Waals surface area contributed by atoms with E-state index in [2.05, 4.69) is 20.5 Å². The number of nitrogens with zero attached hydrogens (tertiary/aromatic N) is 3. The quantitative estimate of drug-likeness (QED) is 0.182. The largest absolute Gasteiger partial charge is 0.381 e. The Morgan fingerprint density at radius 2 is 1.67 bits per heavy atom. The van der Waals surface area contributed by atoms with Gasteiger partial charge in [-0.2, -0.15) is 0 Å². The number of aromatic nitrogens is 1. The number of carbonyl (C=O) groups excluding carboxylic acids is 3. The van der Waals surface area contributed by atoms with Crippen LogP contribution >= 0.6 is 22.9 Å². The van der Waals surface area contributed by atoms with Gasteiger partial charge in [0.15, 0.2) is 0 Å². The fraction of sp³-hybridized carbons (Fsp3) is 0.268. The first-order chi connectivity index (χ1) is 25.2. The van der Waals surface area contributed by atoms with Gasteiger partial charge in [0.05, 0.1) is 26.8 Å². The lowest BCUT2D eigenvalue weighted by Crippen LogP contribution is -2.59. The average Bonchev–Trinajstić information content (AvgIpc) is 3.51. The van der Waals surface area contributed by atoms with E-state index in [0.29, 0.717) is 51.2 Å². The molecule has 8 rings (SSSR count). The third-order valence-corrected chi connectivity index (χ3v) is 11.9. The molecule has 5 aromatic rings. The Labute approximate surface area is 311 Å². The van der Waals surface area contributed by atoms with Gasteiger partial charge in [0, 0.05) is 66.2 Å². The van der Waals surface area contributed by atoms with E-state index in [-0.39, 0.29) is 23.1 Å². The van der Waals surface area contributed by atoms with Crippen LogP contribution in [0.25, 0.3) is 10.4 Å².